The van der Waals surface area contributed by atoms with Gasteiger partial charge in [0.25, 0.3) is 5.91 Å². The number of rotatable bonds is 7. The van der Waals surface area contributed by atoms with E-state index in [0.717, 1.165) is 22.3 Å². The first-order valence-electron chi connectivity index (χ1n) is 8.08. The second kappa shape index (κ2) is 9.45. The number of carbonyl (C=O) groups excluding carboxylic acids is 1. The van der Waals surface area contributed by atoms with Crippen molar-refractivity contribution in [3.8, 4) is 0 Å². The van der Waals surface area contributed by atoms with Crippen LogP contribution in [0.1, 0.15) is 21.7 Å². The summed E-state index contributed by atoms with van der Waals surface area (Å²) in [6.45, 7) is 3.28. The van der Waals surface area contributed by atoms with Crippen molar-refractivity contribution in [3.63, 3.8) is 0 Å². The molecular weight excluding hydrogens is 370 g/mol. The van der Waals surface area contributed by atoms with Crippen molar-refractivity contribution in [2.75, 3.05) is 12.3 Å². The summed E-state index contributed by atoms with van der Waals surface area (Å²) in [7, 11) is 1.96. The Morgan fingerprint density at radius 3 is 2.73 bits per heavy atom. The summed E-state index contributed by atoms with van der Waals surface area (Å²) in [5, 5.41) is 3.91. The molecule has 0 atom stereocenters. The van der Waals surface area contributed by atoms with Gasteiger partial charge in [0.2, 0.25) is 0 Å². The predicted octanol–water partition coefficient (Wildman–Crippen LogP) is 2.92. The molecule has 2 heterocycles. The molecule has 0 aliphatic heterocycles. The molecule has 2 aromatic heterocycles. The van der Waals surface area contributed by atoms with Crippen LogP contribution in [0, 0.1) is 6.92 Å². The monoisotopic (exact) mass is 391 g/mol. The molecule has 3 rings (SSSR count). The van der Waals surface area contributed by atoms with Crippen LogP contribution in [0.4, 0.5) is 0 Å². The summed E-state index contributed by atoms with van der Waals surface area (Å²) in [6, 6.07) is 7.71. The van der Waals surface area contributed by atoms with Gasteiger partial charge in [-0.3, -0.25) is 4.79 Å². The molecule has 138 valence electrons. The molecule has 26 heavy (non-hydrogen) atoms. The van der Waals surface area contributed by atoms with Gasteiger partial charge in [0.15, 0.2) is 5.16 Å². The van der Waals surface area contributed by atoms with Crippen molar-refractivity contribution < 1.29 is 4.79 Å². The average Bonchev–Trinajstić information content (AvgIpc) is 3.20. The Balaban J connectivity index is 0.00000243. The summed E-state index contributed by atoms with van der Waals surface area (Å²) in [5.41, 5.74) is 1.76. The molecule has 1 amide bonds. The van der Waals surface area contributed by atoms with E-state index in [4.69, 9.17) is 0 Å². The molecule has 0 unspecified atom stereocenters. The van der Waals surface area contributed by atoms with Crippen LogP contribution in [-0.4, -0.2) is 37.3 Å². The number of thioether (sulfide) groups is 1. The van der Waals surface area contributed by atoms with Gasteiger partial charge >= 0.3 is 0 Å². The zero-order valence-electron chi connectivity index (χ0n) is 14.8. The van der Waals surface area contributed by atoms with E-state index in [9.17, 15) is 4.79 Å². The number of halogens is 1. The number of aromatic nitrogens is 4. The Morgan fingerprint density at radius 1 is 1.23 bits per heavy atom. The molecule has 0 radical (unpaired) electrons. The minimum absolute atomic E-state index is 0. The quantitative estimate of drug-likeness (QED) is 0.496. The molecule has 0 fully saturated rings. The lowest BCUT2D eigenvalue weighted by atomic mass is 10.1. The van der Waals surface area contributed by atoms with Crippen LogP contribution < -0.4 is 5.32 Å². The molecule has 1 N–H and O–H groups in total. The van der Waals surface area contributed by atoms with Crippen LogP contribution in [0.15, 0.2) is 54.2 Å². The van der Waals surface area contributed by atoms with E-state index in [1.807, 2.05) is 55.2 Å². The van der Waals surface area contributed by atoms with Crippen LogP contribution in [0.2, 0.25) is 0 Å². The molecule has 0 aliphatic carbocycles. The van der Waals surface area contributed by atoms with E-state index in [1.165, 1.54) is 0 Å². The normalized spacial score (nSPS) is 10.4. The zero-order valence-corrected chi connectivity index (χ0v) is 16.4. The van der Waals surface area contributed by atoms with E-state index < -0.39 is 0 Å². The fourth-order valence-corrected chi connectivity index (χ4v) is 3.26. The Bertz CT molecular complexity index is 861. The van der Waals surface area contributed by atoms with Gasteiger partial charge in [-0.05, 0) is 24.6 Å². The molecule has 6 nitrogen and oxygen atoms in total. The number of hydrogen-bond donors (Lipinski definition) is 1. The molecule has 1 aromatic carbocycles. The van der Waals surface area contributed by atoms with E-state index in [0.29, 0.717) is 18.7 Å². The van der Waals surface area contributed by atoms with Gasteiger partial charge in [0.1, 0.15) is 5.82 Å². The Morgan fingerprint density at radius 2 is 2.04 bits per heavy atom. The lowest BCUT2D eigenvalue weighted by Crippen LogP contribution is -2.25. The smallest absolute Gasteiger partial charge is 0.251 e. The number of nitrogens with zero attached hydrogens (tertiary/aromatic N) is 4. The van der Waals surface area contributed by atoms with Gasteiger partial charge in [-0.2, -0.15) is 0 Å². The van der Waals surface area contributed by atoms with Crippen molar-refractivity contribution in [2.45, 2.75) is 18.6 Å². The molecular formula is C18H22ClN5OS. The maximum atomic E-state index is 12.3. The first-order valence-corrected chi connectivity index (χ1v) is 9.07. The highest BCUT2D eigenvalue weighted by molar-refractivity contribution is 7.99. The van der Waals surface area contributed by atoms with Gasteiger partial charge in [0.05, 0.1) is 0 Å². The lowest BCUT2D eigenvalue weighted by molar-refractivity contribution is 0.0956. The van der Waals surface area contributed by atoms with Crippen molar-refractivity contribution in [2.24, 2.45) is 7.05 Å². The first-order chi connectivity index (χ1) is 12.1. The van der Waals surface area contributed by atoms with Crippen LogP contribution in [0.25, 0.3) is 0 Å². The van der Waals surface area contributed by atoms with Crippen LogP contribution in [0.3, 0.4) is 0 Å². The maximum Gasteiger partial charge on any atom is 0.251 e. The molecule has 3 aromatic rings. The van der Waals surface area contributed by atoms with Crippen molar-refractivity contribution in [1.29, 1.82) is 0 Å². The standard InChI is InChI=1S/C18H21N5OS.ClH/c1-14-19-7-10-23(14)13-15-4-3-5-16(12-15)17(24)20-8-11-25-18-21-6-9-22(18)2;/h3-7,9-10,12H,8,11,13H2,1-2H3,(H,20,24);1H. The molecule has 8 heteroatoms. The Kier molecular flexibility index (Phi) is 7.29. The van der Waals surface area contributed by atoms with E-state index in [-0.39, 0.29) is 18.3 Å². The average molecular weight is 392 g/mol. The number of hydrogen-bond acceptors (Lipinski definition) is 4. The Labute approximate surface area is 163 Å². The van der Waals surface area contributed by atoms with Crippen LogP contribution in [-0.2, 0) is 13.6 Å². The van der Waals surface area contributed by atoms with Gasteiger partial charge in [-0.25, -0.2) is 9.97 Å². The highest BCUT2D eigenvalue weighted by atomic mass is 35.5. The highest BCUT2D eigenvalue weighted by Crippen LogP contribution is 2.13. The van der Waals surface area contributed by atoms with Crippen LogP contribution in [0.5, 0.6) is 0 Å². The SMILES string of the molecule is Cc1nccn1Cc1cccc(C(=O)NCCSc2nccn2C)c1.Cl. The molecule has 0 aliphatic rings. The predicted molar refractivity (Wildman–Crippen MR) is 106 cm³/mol. The van der Waals surface area contributed by atoms with E-state index in [1.54, 1.807) is 24.2 Å². The molecule has 0 saturated carbocycles. The first kappa shape index (κ1) is 20.1. The zero-order chi connectivity index (χ0) is 17.6. The van der Waals surface area contributed by atoms with Gasteiger partial charge in [0, 0.05) is 56.2 Å². The number of amides is 1. The summed E-state index contributed by atoms with van der Waals surface area (Å²) >= 11 is 1.63. The molecule has 0 spiro atoms. The van der Waals surface area contributed by atoms with E-state index in [2.05, 4.69) is 19.9 Å². The second-order valence-corrected chi connectivity index (χ2v) is 6.79. The number of aryl methyl sites for hydroxylation is 2. The molecule has 0 bridgehead atoms. The fourth-order valence-electron chi connectivity index (χ4n) is 2.48. The minimum Gasteiger partial charge on any atom is -0.351 e. The minimum atomic E-state index is -0.0513. The number of benzene rings is 1. The fraction of sp³-hybridized carbons (Fsp3) is 0.278. The van der Waals surface area contributed by atoms with Gasteiger partial charge < -0.3 is 14.5 Å². The second-order valence-electron chi connectivity index (χ2n) is 5.73. The topological polar surface area (TPSA) is 64.7 Å². The Hall–Kier alpha value is -2.25. The summed E-state index contributed by atoms with van der Waals surface area (Å²) in [4.78, 5) is 20.8. The third-order valence-electron chi connectivity index (χ3n) is 3.86. The largest absolute Gasteiger partial charge is 0.351 e. The van der Waals surface area contributed by atoms with Crippen molar-refractivity contribution in [3.05, 3.63) is 66.0 Å². The summed E-state index contributed by atoms with van der Waals surface area (Å²) in [6.07, 6.45) is 7.41. The maximum absolute atomic E-state index is 12.3. The number of nitrogens with one attached hydrogen (secondary N) is 1. The van der Waals surface area contributed by atoms with Gasteiger partial charge in [-0.15, -0.1) is 12.4 Å². The summed E-state index contributed by atoms with van der Waals surface area (Å²) in [5.74, 6) is 1.69. The molecule has 0 saturated heterocycles. The van der Waals surface area contributed by atoms with Crippen molar-refractivity contribution in [1.82, 2.24) is 24.4 Å². The number of imidazole rings is 2. The third-order valence-corrected chi connectivity index (χ3v) is 4.92. The third kappa shape index (κ3) is 5.12. The lowest BCUT2D eigenvalue weighted by Gasteiger charge is -2.08. The van der Waals surface area contributed by atoms with E-state index >= 15 is 0 Å². The van der Waals surface area contributed by atoms with Crippen molar-refractivity contribution >= 4 is 30.1 Å². The number of carbonyl (C=O) groups is 1. The van der Waals surface area contributed by atoms with Crippen LogP contribution >= 0.6 is 24.2 Å². The highest BCUT2D eigenvalue weighted by Gasteiger charge is 2.07. The van der Waals surface area contributed by atoms with Gasteiger partial charge in [-0.1, -0.05) is 23.9 Å². The summed E-state index contributed by atoms with van der Waals surface area (Å²) < 4.78 is 4.02.